The first kappa shape index (κ1) is 77.6. The molecule has 4 aromatic rings. The number of likely N-dealkylation sites (tertiary alicyclic amines) is 5. The number of alkyl carbamates (subject to hydrolysis) is 2. The van der Waals surface area contributed by atoms with Crippen LogP contribution in [0.1, 0.15) is 135 Å². The number of benzene rings is 1. The molecule has 27 heteroatoms. The Morgan fingerprint density at radius 1 is 0.495 bits per heavy atom. The van der Waals surface area contributed by atoms with Gasteiger partial charge >= 0.3 is 37.1 Å². The van der Waals surface area contributed by atoms with E-state index in [0.29, 0.717) is 56.9 Å². The van der Waals surface area contributed by atoms with E-state index in [9.17, 15) is 42.3 Å². The number of carbonyl (C=O) groups excluding carboxylic acids is 6. The van der Waals surface area contributed by atoms with Crippen molar-refractivity contribution in [1.82, 2.24) is 65.4 Å². The van der Waals surface area contributed by atoms with Crippen LogP contribution in [0.3, 0.4) is 0 Å². The first-order valence-corrected chi connectivity index (χ1v) is 35.1. The first-order chi connectivity index (χ1) is 44.8. The molecule has 3 aromatic heterocycles. The fourth-order valence-electron chi connectivity index (χ4n) is 12.2. The average Bonchev–Trinajstić information content (AvgIpc) is 1.07. The molecule has 0 bridgehead atoms. The van der Waals surface area contributed by atoms with Gasteiger partial charge in [-0.15, -0.1) is 0 Å². The Kier molecular flexibility index (Phi) is 31.4. The number of aliphatic carboxylic acids is 1. The summed E-state index contributed by atoms with van der Waals surface area (Å²) in [5, 5.41) is 22.9. The molecule has 24 nitrogen and oxygen atoms in total. The summed E-state index contributed by atoms with van der Waals surface area (Å²) in [5.41, 5.74) is 2.82. The third kappa shape index (κ3) is 28.3. The number of carboxylic acid groups (broad SMARTS) is 1. The van der Waals surface area contributed by atoms with Crippen molar-refractivity contribution in [3.8, 4) is 0 Å². The second kappa shape index (κ2) is 38.5. The number of carboxylic acids is 1. The van der Waals surface area contributed by atoms with Gasteiger partial charge in [0.25, 0.3) is 10.0 Å². The Bertz CT molecular complexity index is 3090. The van der Waals surface area contributed by atoms with E-state index in [1.54, 1.807) is 24.8 Å². The number of piperidine rings is 6. The fraction of sp³-hybridized carbons (Fsp3) is 0.603. The van der Waals surface area contributed by atoms with Gasteiger partial charge in [-0.2, -0.15) is 0 Å². The molecule has 0 spiro atoms. The molecule has 6 aliphatic rings. The number of halogens is 1. The van der Waals surface area contributed by atoms with Crippen LogP contribution in [-0.2, 0) is 53.5 Å². The molecule has 1 aromatic carbocycles. The minimum atomic E-state index is -3.98. The zero-order valence-corrected chi connectivity index (χ0v) is 58.2. The third-order valence-corrected chi connectivity index (χ3v) is 18.9. The summed E-state index contributed by atoms with van der Waals surface area (Å²) < 4.78 is 37.3. The van der Waals surface area contributed by atoms with Crippen LogP contribution < -0.4 is 50.0 Å². The number of urea groups is 1. The summed E-state index contributed by atoms with van der Waals surface area (Å²) in [6.07, 6.45) is 19.8. The average molecular weight is 1350 g/mol. The smallest absolute Gasteiger partial charge is 0.550 e. The molecular formula is C68H99ClLiN13O11S. The van der Waals surface area contributed by atoms with E-state index in [1.165, 1.54) is 41.0 Å². The Labute approximate surface area is 578 Å². The van der Waals surface area contributed by atoms with Crippen molar-refractivity contribution >= 4 is 57.6 Å². The summed E-state index contributed by atoms with van der Waals surface area (Å²) in [4.78, 5) is 95.2. The number of carbonyl (C=O) groups is 6. The van der Waals surface area contributed by atoms with Crippen molar-refractivity contribution in [3.63, 3.8) is 0 Å². The third-order valence-electron chi connectivity index (χ3n) is 17.3. The molecule has 0 atom stereocenters. The van der Waals surface area contributed by atoms with Crippen molar-refractivity contribution in [2.45, 2.75) is 172 Å². The maximum atomic E-state index is 13.0. The molecule has 6 saturated heterocycles. The van der Waals surface area contributed by atoms with E-state index >= 15 is 0 Å². The molecule has 516 valence electrons. The second-order valence-electron chi connectivity index (χ2n) is 27.1. The molecule has 6 aliphatic heterocycles. The van der Waals surface area contributed by atoms with Crippen molar-refractivity contribution in [3.05, 3.63) is 120 Å². The minimum Gasteiger partial charge on any atom is -0.550 e. The van der Waals surface area contributed by atoms with Crippen LogP contribution in [0.25, 0.3) is 0 Å². The monoisotopic (exact) mass is 1350 g/mol. The van der Waals surface area contributed by atoms with E-state index in [4.69, 9.17) is 21.1 Å². The summed E-state index contributed by atoms with van der Waals surface area (Å²) in [6, 6.07) is 17.1. The van der Waals surface area contributed by atoms with Crippen molar-refractivity contribution in [2.24, 2.45) is 17.8 Å². The molecule has 0 unspecified atom stereocenters. The maximum Gasteiger partial charge on any atom is 1.00 e. The number of nitrogens with zero attached hydrogens (tertiary/aromatic N) is 8. The van der Waals surface area contributed by atoms with Crippen molar-refractivity contribution < 1.29 is 70.6 Å². The van der Waals surface area contributed by atoms with Gasteiger partial charge in [-0.25, -0.2) is 27.5 Å². The summed E-state index contributed by atoms with van der Waals surface area (Å²) in [5.74, 6) is -0.539. The zero-order valence-electron chi connectivity index (χ0n) is 56.6. The van der Waals surface area contributed by atoms with E-state index in [0.717, 1.165) is 123 Å². The van der Waals surface area contributed by atoms with Gasteiger partial charge < -0.3 is 50.4 Å². The van der Waals surface area contributed by atoms with Gasteiger partial charge in [0.2, 0.25) is 11.8 Å². The number of nitrogens with one attached hydrogen (secondary N) is 5. The first-order valence-electron chi connectivity index (χ1n) is 33.2. The van der Waals surface area contributed by atoms with Crippen LogP contribution in [0.2, 0.25) is 5.02 Å². The predicted molar refractivity (Wildman–Crippen MR) is 356 cm³/mol. The van der Waals surface area contributed by atoms with E-state index in [2.05, 4.69) is 50.9 Å². The number of amides is 6. The van der Waals surface area contributed by atoms with Crippen LogP contribution >= 0.6 is 11.6 Å². The summed E-state index contributed by atoms with van der Waals surface area (Å²) in [7, 11) is -3.98. The molecular weight excluding hydrogens is 1250 g/mol. The van der Waals surface area contributed by atoms with Crippen molar-refractivity contribution in [2.75, 3.05) is 78.5 Å². The Morgan fingerprint density at radius 3 is 1.16 bits per heavy atom. The van der Waals surface area contributed by atoms with Gasteiger partial charge in [0.05, 0.1) is 4.90 Å². The van der Waals surface area contributed by atoms with Gasteiger partial charge in [-0.05, 0) is 248 Å². The number of aromatic nitrogens is 3. The molecule has 0 saturated carbocycles. The second-order valence-corrected chi connectivity index (χ2v) is 29.2. The SMILES string of the molecule is CC(C)(C)OC(=O)NC1CCN(C(=O)C2CCN(Cc3ccncc3)CC2)CC1.CC(C)(C)OC(=O)NC1CCNCC1.O=C(NC1CCN(C(=O)C2CCN(Cc3ccncc3)CC2)CC1)NS(=O)(=O)c1ccc(Cl)cc1.O=C([O-])C1CCN(Cc2ccncc2)CC1.[Li+]. The van der Waals surface area contributed by atoms with Gasteiger partial charge in [-0.1, -0.05) is 11.6 Å². The predicted octanol–water partition coefficient (Wildman–Crippen LogP) is 3.75. The van der Waals surface area contributed by atoms with Crippen LogP contribution in [0.15, 0.2) is 103 Å². The van der Waals surface area contributed by atoms with Crippen LogP contribution in [0.4, 0.5) is 14.4 Å². The summed E-state index contributed by atoms with van der Waals surface area (Å²) in [6.45, 7) is 23.7. The number of hydrogen-bond acceptors (Lipinski definition) is 18. The molecule has 0 aliphatic carbocycles. The molecule has 5 N–H and O–H groups in total. The minimum absolute atomic E-state index is 0. The van der Waals surface area contributed by atoms with Crippen LogP contribution in [-0.4, -0.2) is 192 Å². The molecule has 6 amide bonds. The quantitative estimate of drug-likeness (QED) is 0.112. The molecule has 0 radical (unpaired) electrons. The van der Waals surface area contributed by atoms with E-state index in [-0.39, 0.29) is 83.6 Å². The molecule has 9 heterocycles. The number of rotatable bonds is 14. The summed E-state index contributed by atoms with van der Waals surface area (Å²) >= 11 is 5.79. The van der Waals surface area contributed by atoms with Gasteiger partial charge in [-0.3, -0.25) is 39.2 Å². The molecule has 6 fully saturated rings. The normalized spacial score (nSPS) is 18.7. The van der Waals surface area contributed by atoms with E-state index in [1.807, 2.05) is 105 Å². The van der Waals surface area contributed by atoms with Crippen LogP contribution in [0.5, 0.6) is 0 Å². The Morgan fingerprint density at radius 2 is 0.821 bits per heavy atom. The topological polar surface area (TPSA) is 293 Å². The van der Waals surface area contributed by atoms with Gasteiger partial charge in [0.15, 0.2) is 0 Å². The van der Waals surface area contributed by atoms with Gasteiger partial charge in [0, 0.05) is 130 Å². The molecule has 10 rings (SSSR count). The Hall–Kier alpha value is -6.43. The Balaban J connectivity index is 0.000000213. The van der Waals surface area contributed by atoms with E-state index < -0.39 is 33.2 Å². The molecule has 95 heavy (non-hydrogen) atoms. The van der Waals surface area contributed by atoms with Crippen LogP contribution in [0, 0.1) is 17.8 Å². The number of hydrogen-bond donors (Lipinski definition) is 5. The zero-order chi connectivity index (χ0) is 67.7. The fourth-order valence-corrected chi connectivity index (χ4v) is 13.2. The number of sulfonamides is 1. The van der Waals surface area contributed by atoms with Gasteiger partial charge in [0.1, 0.15) is 11.2 Å². The largest absolute Gasteiger partial charge is 1.00 e. The standard InChI is InChI=1S/C24H30ClN5O4S.C22H34N4O3.C12H16N2O2.C10H20N2O2.Li/c25-20-1-3-22(4-2-20)35(33,34)28-24(32)27-21-9-15-30(16-10-21)23(31)19-7-13-29(14-8-19)17-18-5-11-26-12-6-18;1-22(2,3)29-21(28)24-19-8-14-26(15-9-19)20(27)18-6-12-25(13-7-18)16-17-4-10-23-11-5-17;15-12(16)11-3-7-14(8-4-11)9-10-1-5-13-6-2-10;1-10(2,3)14-9(13)12-8-4-6-11-7-5-8;/h1-6,11-12,19,21H,7-10,13-17H2,(H2,27,28,32);4-5,10-11,18-19H,6-9,12-16H2,1-3H3,(H,24,28);1-2,5-6,11H,3-4,7-9H2,(H,15,16);8,11H,4-7H2,1-3H3,(H,12,13);/q;;;;+1/p-1. The van der Waals surface area contributed by atoms with Crippen molar-refractivity contribution in [1.29, 1.82) is 0 Å². The number of ether oxygens (including phenoxy) is 2. The number of pyridine rings is 3. The maximum absolute atomic E-state index is 13.0.